The van der Waals surface area contributed by atoms with Crippen LogP contribution in [0.1, 0.15) is 19.4 Å². The molecule has 0 heterocycles. The zero-order valence-electron chi connectivity index (χ0n) is 9.12. The normalized spacial score (nSPS) is 10.7. The summed E-state index contributed by atoms with van der Waals surface area (Å²) in [5.41, 5.74) is 0.823. The first-order valence-electron chi connectivity index (χ1n) is 4.75. The zero-order chi connectivity index (χ0) is 11.4. The Morgan fingerprint density at radius 1 is 1.47 bits per heavy atom. The summed E-state index contributed by atoms with van der Waals surface area (Å²) in [7, 11) is 0. The quantitative estimate of drug-likeness (QED) is 0.730. The van der Waals surface area contributed by atoms with Gasteiger partial charge in [0, 0.05) is 13.1 Å². The van der Waals surface area contributed by atoms with Crippen molar-refractivity contribution in [1.29, 1.82) is 0 Å². The summed E-state index contributed by atoms with van der Waals surface area (Å²) in [6.45, 7) is 4.86. The maximum atomic E-state index is 13.7. The molecule has 1 aromatic rings. The van der Waals surface area contributed by atoms with Crippen LogP contribution in [-0.4, -0.2) is 5.91 Å². The number of amides is 1. The number of carbonyl (C=O) groups excluding carboxylic acids is 1. The van der Waals surface area contributed by atoms with Gasteiger partial charge < -0.3 is 0 Å². The van der Waals surface area contributed by atoms with Crippen LogP contribution in [-0.2, 0) is 4.79 Å². The highest BCUT2D eigenvalue weighted by Gasteiger charge is 2.13. The molecular formula is C12H14FNO. The van der Waals surface area contributed by atoms with E-state index in [0.29, 0.717) is 11.3 Å². The summed E-state index contributed by atoms with van der Waals surface area (Å²) in [5, 5.41) is 0. The Balaban J connectivity index is 3.23. The second kappa shape index (κ2) is 4.73. The van der Waals surface area contributed by atoms with E-state index in [1.165, 1.54) is 11.8 Å². The molecule has 0 aliphatic carbocycles. The highest BCUT2D eigenvalue weighted by molar-refractivity contribution is 5.93. The van der Waals surface area contributed by atoms with Crippen LogP contribution in [0.25, 0.3) is 0 Å². The maximum absolute atomic E-state index is 13.7. The first-order valence-corrected chi connectivity index (χ1v) is 4.75. The number of halogens is 1. The van der Waals surface area contributed by atoms with Crippen LogP contribution in [0.3, 0.4) is 0 Å². The van der Waals surface area contributed by atoms with Gasteiger partial charge in [-0.3, -0.25) is 9.69 Å². The van der Waals surface area contributed by atoms with Gasteiger partial charge in [-0.25, -0.2) is 4.39 Å². The number of hydrogen-bond acceptors (Lipinski definition) is 1. The molecule has 0 N–H and O–H groups in total. The molecular weight excluding hydrogens is 193 g/mol. The Morgan fingerprint density at radius 3 is 2.67 bits per heavy atom. The molecule has 0 aliphatic heterocycles. The molecule has 3 heteroatoms. The van der Waals surface area contributed by atoms with E-state index in [0.717, 1.165) is 0 Å². The molecule has 1 rings (SSSR count). The second-order valence-electron chi connectivity index (χ2n) is 3.28. The fourth-order valence-corrected chi connectivity index (χ4v) is 1.32. The molecule has 0 aromatic heterocycles. The van der Waals surface area contributed by atoms with E-state index < -0.39 is 0 Å². The van der Waals surface area contributed by atoms with Gasteiger partial charge in [0.2, 0.25) is 5.91 Å². The number of allylic oxidation sites excluding steroid dienone is 1. The Bertz CT molecular complexity index is 399. The number of anilines is 1. The Kier molecular flexibility index (Phi) is 3.61. The summed E-state index contributed by atoms with van der Waals surface area (Å²) >= 11 is 0. The smallest absolute Gasteiger partial charge is 0.228 e. The summed E-state index contributed by atoms with van der Waals surface area (Å²) in [5.74, 6) is -0.566. The van der Waals surface area contributed by atoms with Crippen molar-refractivity contribution < 1.29 is 9.18 Å². The van der Waals surface area contributed by atoms with Gasteiger partial charge >= 0.3 is 0 Å². The second-order valence-corrected chi connectivity index (χ2v) is 3.28. The number of carbonyl (C=O) groups is 1. The van der Waals surface area contributed by atoms with Crippen LogP contribution in [0.4, 0.5) is 10.1 Å². The lowest BCUT2D eigenvalue weighted by Gasteiger charge is -2.17. The molecule has 2 nitrogen and oxygen atoms in total. The fraction of sp³-hybridized carbons (Fsp3) is 0.250. The molecule has 0 radical (unpaired) electrons. The van der Waals surface area contributed by atoms with Crippen LogP contribution in [0.5, 0.6) is 0 Å². The first kappa shape index (κ1) is 11.4. The van der Waals surface area contributed by atoms with E-state index >= 15 is 0 Å². The SMILES string of the molecule is C/C=C\N(C(C)=O)c1cccc(C)c1F. The number of nitrogens with zero attached hydrogens (tertiary/aromatic N) is 1. The van der Waals surface area contributed by atoms with Crippen molar-refractivity contribution in [3.8, 4) is 0 Å². The van der Waals surface area contributed by atoms with E-state index in [1.54, 1.807) is 44.3 Å². The lowest BCUT2D eigenvalue weighted by molar-refractivity contribution is -0.116. The van der Waals surface area contributed by atoms with Gasteiger partial charge in [0.25, 0.3) is 0 Å². The number of hydrogen-bond donors (Lipinski definition) is 0. The standard InChI is InChI=1S/C12H14FNO/c1-4-8-14(10(3)15)11-7-5-6-9(2)12(11)13/h4-8H,1-3H3/b8-4-. The van der Waals surface area contributed by atoms with Crippen molar-refractivity contribution in [3.05, 3.63) is 41.9 Å². The van der Waals surface area contributed by atoms with Crippen molar-refractivity contribution >= 4 is 11.6 Å². The molecule has 0 unspecified atom stereocenters. The zero-order valence-corrected chi connectivity index (χ0v) is 9.12. The molecule has 0 fully saturated rings. The lowest BCUT2D eigenvalue weighted by atomic mass is 10.2. The summed E-state index contributed by atoms with van der Waals surface area (Å²) < 4.78 is 13.7. The fourth-order valence-electron chi connectivity index (χ4n) is 1.32. The Morgan fingerprint density at radius 2 is 2.13 bits per heavy atom. The van der Waals surface area contributed by atoms with Crippen LogP contribution in [0, 0.1) is 12.7 Å². The minimum atomic E-state index is -0.356. The van der Waals surface area contributed by atoms with Crippen molar-refractivity contribution in [2.24, 2.45) is 0 Å². The summed E-state index contributed by atoms with van der Waals surface area (Å²) in [6.07, 6.45) is 3.25. The summed E-state index contributed by atoms with van der Waals surface area (Å²) in [4.78, 5) is 12.6. The van der Waals surface area contributed by atoms with Crippen LogP contribution in [0.15, 0.2) is 30.5 Å². The molecule has 80 valence electrons. The van der Waals surface area contributed by atoms with E-state index in [2.05, 4.69) is 0 Å². The van der Waals surface area contributed by atoms with Crippen molar-refractivity contribution in [3.63, 3.8) is 0 Å². The lowest BCUT2D eigenvalue weighted by Crippen LogP contribution is -2.23. The first-order chi connectivity index (χ1) is 7.07. The maximum Gasteiger partial charge on any atom is 0.228 e. The third-order valence-corrected chi connectivity index (χ3v) is 2.07. The number of rotatable bonds is 2. The minimum absolute atomic E-state index is 0.211. The molecule has 0 saturated carbocycles. The van der Waals surface area contributed by atoms with Gasteiger partial charge in [0.1, 0.15) is 5.82 Å². The van der Waals surface area contributed by atoms with Crippen LogP contribution >= 0.6 is 0 Å². The van der Waals surface area contributed by atoms with Gasteiger partial charge in [-0.1, -0.05) is 18.2 Å². The predicted octanol–water partition coefficient (Wildman–Crippen LogP) is 3.02. The largest absolute Gasteiger partial charge is 0.285 e. The van der Waals surface area contributed by atoms with E-state index in [4.69, 9.17) is 0 Å². The van der Waals surface area contributed by atoms with E-state index in [-0.39, 0.29) is 11.7 Å². The Hall–Kier alpha value is -1.64. The molecule has 0 aliphatic rings. The van der Waals surface area contributed by atoms with Crippen molar-refractivity contribution in [2.45, 2.75) is 20.8 Å². The summed E-state index contributed by atoms with van der Waals surface area (Å²) in [6, 6.07) is 4.99. The third kappa shape index (κ3) is 2.43. The monoisotopic (exact) mass is 207 g/mol. The molecule has 0 saturated heterocycles. The van der Waals surface area contributed by atoms with Crippen LogP contribution in [0.2, 0.25) is 0 Å². The molecule has 1 aromatic carbocycles. The van der Waals surface area contributed by atoms with Crippen molar-refractivity contribution in [2.75, 3.05) is 4.90 Å². The molecule has 0 atom stereocenters. The third-order valence-electron chi connectivity index (χ3n) is 2.07. The number of benzene rings is 1. The number of aryl methyl sites for hydroxylation is 1. The van der Waals surface area contributed by atoms with Crippen LogP contribution < -0.4 is 4.90 Å². The molecule has 1 amide bonds. The van der Waals surface area contributed by atoms with E-state index in [1.807, 2.05) is 0 Å². The van der Waals surface area contributed by atoms with Gasteiger partial charge in [-0.2, -0.15) is 0 Å². The molecule has 0 bridgehead atoms. The average Bonchev–Trinajstić information content (AvgIpc) is 2.19. The topological polar surface area (TPSA) is 20.3 Å². The predicted molar refractivity (Wildman–Crippen MR) is 59.1 cm³/mol. The Labute approximate surface area is 89.0 Å². The van der Waals surface area contributed by atoms with Gasteiger partial charge in [0.05, 0.1) is 5.69 Å². The minimum Gasteiger partial charge on any atom is -0.285 e. The van der Waals surface area contributed by atoms with Crippen molar-refractivity contribution in [1.82, 2.24) is 0 Å². The average molecular weight is 207 g/mol. The van der Waals surface area contributed by atoms with E-state index in [9.17, 15) is 9.18 Å². The molecule has 15 heavy (non-hydrogen) atoms. The highest BCUT2D eigenvalue weighted by Crippen LogP contribution is 2.22. The molecule has 0 spiro atoms. The van der Waals surface area contributed by atoms with Gasteiger partial charge in [0.15, 0.2) is 0 Å². The van der Waals surface area contributed by atoms with Gasteiger partial charge in [-0.05, 0) is 25.5 Å². The highest BCUT2D eigenvalue weighted by atomic mass is 19.1. The van der Waals surface area contributed by atoms with Gasteiger partial charge in [-0.15, -0.1) is 0 Å².